The van der Waals surface area contributed by atoms with Crippen molar-refractivity contribution >= 4 is 29.1 Å². The SMILES string of the molecule is O=C1CCc2cc(C(=O)CSc3nnc(-c4ccc(F)cc4)n3CC3CCCO3)c(F)cc2N1. The first-order chi connectivity index (χ1) is 16.5. The van der Waals surface area contributed by atoms with Gasteiger partial charge in [0.25, 0.3) is 0 Å². The van der Waals surface area contributed by atoms with Gasteiger partial charge >= 0.3 is 0 Å². The number of benzene rings is 2. The quantitative estimate of drug-likeness (QED) is 0.398. The number of rotatable bonds is 7. The molecule has 0 aliphatic carbocycles. The van der Waals surface area contributed by atoms with Gasteiger partial charge in [-0.1, -0.05) is 11.8 Å². The number of anilines is 1. The van der Waals surface area contributed by atoms with Crippen LogP contribution < -0.4 is 5.32 Å². The molecule has 2 aliphatic heterocycles. The maximum Gasteiger partial charge on any atom is 0.224 e. The highest BCUT2D eigenvalue weighted by atomic mass is 32.2. The molecule has 1 amide bonds. The molecular formula is C24H22F2N4O3S. The van der Waals surface area contributed by atoms with Crippen LogP contribution in [0, 0.1) is 11.6 Å². The molecule has 2 aromatic carbocycles. The molecule has 1 fully saturated rings. The maximum absolute atomic E-state index is 14.6. The van der Waals surface area contributed by atoms with E-state index in [1.165, 1.54) is 36.0 Å². The van der Waals surface area contributed by atoms with Crippen LogP contribution in [0.3, 0.4) is 0 Å². The number of nitrogens with one attached hydrogen (secondary N) is 1. The second kappa shape index (κ2) is 9.63. The topological polar surface area (TPSA) is 86.1 Å². The Kier molecular flexibility index (Phi) is 6.42. The van der Waals surface area contributed by atoms with E-state index in [4.69, 9.17) is 4.74 Å². The zero-order chi connectivity index (χ0) is 23.7. The Labute approximate surface area is 198 Å². The van der Waals surface area contributed by atoms with Gasteiger partial charge in [0.15, 0.2) is 16.8 Å². The largest absolute Gasteiger partial charge is 0.376 e. The van der Waals surface area contributed by atoms with Crippen molar-refractivity contribution in [2.75, 3.05) is 17.7 Å². The number of carbonyl (C=O) groups is 2. The second-order valence-corrected chi connectivity index (χ2v) is 9.25. The number of hydrogen-bond donors (Lipinski definition) is 1. The van der Waals surface area contributed by atoms with Crippen LogP contribution in [0.15, 0.2) is 41.6 Å². The van der Waals surface area contributed by atoms with E-state index in [1.54, 1.807) is 12.1 Å². The molecule has 176 valence electrons. The zero-order valence-electron chi connectivity index (χ0n) is 18.2. The standard InChI is InChI=1S/C24H22F2N4O3S/c25-16-6-3-14(4-7-16)23-28-29-24(30(23)12-17-2-1-9-33-17)34-13-21(31)18-10-15-5-8-22(32)27-20(15)11-19(18)26/h3-4,6-7,10-11,17H,1-2,5,8-9,12-13H2,(H,27,32). The van der Waals surface area contributed by atoms with E-state index in [-0.39, 0.29) is 34.9 Å². The molecule has 0 spiro atoms. The highest BCUT2D eigenvalue weighted by Crippen LogP contribution is 2.29. The van der Waals surface area contributed by atoms with Gasteiger partial charge in [0.05, 0.1) is 24.0 Å². The molecule has 1 N–H and O–H groups in total. The summed E-state index contributed by atoms with van der Waals surface area (Å²) in [6.45, 7) is 1.20. The molecule has 3 heterocycles. The lowest BCUT2D eigenvalue weighted by Gasteiger charge is -2.18. The third-order valence-electron chi connectivity index (χ3n) is 5.95. The van der Waals surface area contributed by atoms with Crippen molar-refractivity contribution in [2.45, 2.75) is 43.5 Å². The molecule has 1 unspecified atom stereocenters. The van der Waals surface area contributed by atoms with Gasteiger partial charge in [-0.25, -0.2) is 8.78 Å². The normalized spacial score (nSPS) is 17.5. The van der Waals surface area contributed by atoms with E-state index in [0.29, 0.717) is 48.2 Å². The number of nitrogens with zero attached hydrogens (tertiary/aromatic N) is 3. The molecule has 10 heteroatoms. The van der Waals surface area contributed by atoms with Crippen LogP contribution in [0.1, 0.15) is 35.2 Å². The summed E-state index contributed by atoms with van der Waals surface area (Å²) in [6, 6.07) is 8.71. The lowest BCUT2D eigenvalue weighted by molar-refractivity contribution is -0.116. The molecule has 7 nitrogen and oxygen atoms in total. The molecule has 0 bridgehead atoms. The molecule has 34 heavy (non-hydrogen) atoms. The van der Waals surface area contributed by atoms with E-state index < -0.39 is 5.82 Å². The van der Waals surface area contributed by atoms with E-state index in [1.807, 2.05) is 4.57 Å². The Morgan fingerprint density at radius 3 is 2.76 bits per heavy atom. The van der Waals surface area contributed by atoms with Crippen molar-refractivity contribution in [2.24, 2.45) is 0 Å². The van der Waals surface area contributed by atoms with Gasteiger partial charge < -0.3 is 10.1 Å². The molecule has 1 saturated heterocycles. The predicted octanol–water partition coefficient (Wildman–Crippen LogP) is 4.26. The Hall–Kier alpha value is -3.11. The lowest BCUT2D eigenvalue weighted by atomic mass is 9.98. The molecule has 1 aromatic heterocycles. The van der Waals surface area contributed by atoms with Crippen molar-refractivity contribution in [3.05, 3.63) is 59.2 Å². The van der Waals surface area contributed by atoms with Gasteiger partial charge in [-0.3, -0.25) is 14.2 Å². The fourth-order valence-electron chi connectivity index (χ4n) is 4.19. The molecule has 3 aromatic rings. The summed E-state index contributed by atoms with van der Waals surface area (Å²) in [5.74, 6) is -1.03. The smallest absolute Gasteiger partial charge is 0.224 e. The van der Waals surface area contributed by atoms with Crippen molar-refractivity contribution in [1.29, 1.82) is 0 Å². The van der Waals surface area contributed by atoms with Crippen molar-refractivity contribution in [3.63, 3.8) is 0 Å². The number of hydrogen-bond acceptors (Lipinski definition) is 6. The Morgan fingerprint density at radius 2 is 2.00 bits per heavy atom. The highest BCUT2D eigenvalue weighted by Gasteiger charge is 2.24. The third-order valence-corrected chi connectivity index (χ3v) is 6.92. The lowest BCUT2D eigenvalue weighted by Crippen LogP contribution is -2.20. The van der Waals surface area contributed by atoms with E-state index in [0.717, 1.165) is 18.4 Å². The van der Waals surface area contributed by atoms with Crippen molar-refractivity contribution in [3.8, 4) is 11.4 Å². The summed E-state index contributed by atoms with van der Waals surface area (Å²) in [7, 11) is 0. The van der Waals surface area contributed by atoms with Crippen molar-refractivity contribution < 1.29 is 23.1 Å². The number of ketones is 1. The van der Waals surface area contributed by atoms with E-state index in [9.17, 15) is 18.4 Å². The minimum absolute atomic E-state index is 0.00134. The number of halogens is 2. The first-order valence-corrected chi connectivity index (χ1v) is 12.1. The predicted molar refractivity (Wildman–Crippen MR) is 123 cm³/mol. The number of aromatic nitrogens is 3. The van der Waals surface area contributed by atoms with Crippen LogP contribution in [-0.2, 0) is 22.5 Å². The Balaban J connectivity index is 1.37. The van der Waals surface area contributed by atoms with Gasteiger partial charge in [0, 0.05) is 24.3 Å². The van der Waals surface area contributed by atoms with Gasteiger partial charge in [-0.05, 0) is 61.2 Å². The van der Waals surface area contributed by atoms with Crippen LogP contribution in [0.25, 0.3) is 11.4 Å². The van der Waals surface area contributed by atoms with Gasteiger partial charge in [0.1, 0.15) is 11.6 Å². The molecular weight excluding hydrogens is 462 g/mol. The second-order valence-electron chi connectivity index (χ2n) is 8.31. The van der Waals surface area contributed by atoms with Gasteiger partial charge in [-0.2, -0.15) is 0 Å². The fourth-order valence-corrected chi connectivity index (χ4v) is 5.02. The fraction of sp³-hybridized carbons (Fsp3) is 0.333. The van der Waals surface area contributed by atoms with Crippen molar-refractivity contribution in [1.82, 2.24) is 14.8 Å². The minimum atomic E-state index is -0.667. The number of aryl methyl sites for hydroxylation is 1. The summed E-state index contributed by atoms with van der Waals surface area (Å²) < 4.78 is 35.7. The van der Waals surface area contributed by atoms with Gasteiger partial charge in [-0.15, -0.1) is 10.2 Å². The third kappa shape index (κ3) is 4.74. The van der Waals surface area contributed by atoms with E-state index in [2.05, 4.69) is 15.5 Å². The van der Waals surface area contributed by atoms with Crippen LogP contribution in [0.4, 0.5) is 14.5 Å². The number of ether oxygens (including phenoxy) is 1. The highest BCUT2D eigenvalue weighted by molar-refractivity contribution is 7.99. The van der Waals surface area contributed by atoms with Crippen LogP contribution >= 0.6 is 11.8 Å². The number of thioether (sulfide) groups is 1. The number of carbonyl (C=O) groups excluding carboxylic acids is 2. The number of fused-ring (bicyclic) bond motifs is 1. The number of amides is 1. The molecule has 5 rings (SSSR count). The first-order valence-electron chi connectivity index (χ1n) is 11.1. The maximum atomic E-state index is 14.6. The summed E-state index contributed by atoms with van der Waals surface area (Å²) in [5.41, 5.74) is 1.85. The average molecular weight is 485 g/mol. The van der Waals surface area contributed by atoms with Crippen LogP contribution in [0.2, 0.25) is 0 Å². The summed E-state index contributed by atoms with van der Waals surface area (Å²) in [6.07, 6.45) is 2.64. The Morgan fingerprint density at radius 1 is 1.18 bits per heavy atom. The van der Waals surface area contributed by atoms with Crippen LogP contribution in [0.5, 0.6) is 0 Å². The average Bonchev–Trinajstić information content (AvgIpc) is 3.48. The molecule has 2 aliphatic rings. The summed E-state index contributed by atoms with van der Waals surface area (Å²) in [4.78, 5) is 24.4. The zero-order valence-corrected chi connectivity index (χ0v) is 19.0. The Bertz CT molecular complexity index is 1240. The summed E-state index contributed by atoms with van der Waals surface area (Å²) >= 11 is 1.17. The summed E-state index contributed by atoms with van der Waals surface area (Å²) in [5, 5.41) is 11.7. The minimum Gasteiger partial charge on any atom is -0.376 e. The molecule has 0 saturated carbocycles. The van der Waals surface area contributed by atoms with E-state index >= 15 is 0 Å². The van der Waals surface area contributed by atoms with Crippen LogP contribution in [-0.4, -0.2) is 44.9 Å². The monoisotopic (exact) mass is 484 g/mol. The first kappa shape index (κ1) is 22.7. The molecule has 1 atom stereocenters. The number of Topliss-reactive ketones (excluding diaryl/α,β-unsaturated/α-hetero) is 1. The van der Waals surface area contributed by atoms with Gasteiger partial charge in [0.2, 0.25) is 5.91 Å². The molecule has 0 radical (unpaired) electrons.